The molecule has 0 radical (unpaired) electrons. The molecule has 5 nitrogen and oxygen atoms in total. The SMILES string of the molecule is Cc1[nH]c2cccc(=O)n2c1C(=O)O. The highest BCUT2D eigenvalue weighted by Gasteiger charge is 2.15. The summed E-state index contributed by atoms with van der Waals surface area (Å²) in [6.45, 7) is 1.62. The maximum absolute atomic E-state index is 11.4. The van der Waals surface area contributed by atoms with E-state index < -0.39 is 5.97 Å². The lowest BCUT2D eigenvalue weighted by atomic mass is 10.3. The lowest BCUT2D eigenvalue weighted by Gasteiger charge is -1.94. The van der Waals surface area contributed by atoms with Gasteiger partial charge in [-0.1, -0.05) is 6.07 Å². The van der Waals surface area contributed by atoms with Gasteiger partial charge in [-0.05, 0) is 13.0 Å². The van der Waals surface area contributed by atoms with E-state index in [-0.39, 0.29) is 11.3 Å². The lowest BCUT2D eigenvalue weighted by Crippen LogP contribution is -2.16. The van der Waals surface area contributed by atoms with E-state index in [1.54, 1.807) is 19.1 Å². The molecule has 0 aliphatic rings. The van der Waals surface area contributed by atoms with E-state index in [1.807, 2.05) is 0 Å². The molecule has 0 amide bonds. The molecule has 0 bridgehead atoms. The van der Waals surface area contributed by atoms with Crippen LogP contribution in [0.3, 0.4) is 0 Å². The maximum Gasteiger partial charge on any atom is 0.354 e. The fraction of sp³-hybridized carbons (Fsp3) is 0.111. The van der Waals surface area contributed by atoms with E-state index in [4.69, 9.17) is 5.11 Å². The van der Waals surface area contributed by atoms with Gasteiger partial charge in [-0.15, -0.1) is 0 Å². The molecule has 5 heteroatoms. The highest BCUT2D eigenvalue weighted by molar-refractivity contribution is 5.88. The molecule has 2 aromatic heterocycles. The van der Waals surface area contributed by atoms with Gasteiger partial charge in [0.05, 0.1) is 0 Å². The summed E-state index contributed by atoms with van der Waals surface area (Å²) >= 11 is 0. The molecule has 14 heavy (non-hydrogen) atoms. The summed E-state index contributed by atoms with van der Waals surface area (Å²) in [7, 11) is 0. The molecule has 2 rings (SSSR count). The van der Waals surface area contributed by atoms with Crippen molar-refractivity contribution in [1.29, 1.82) is 0 Å². The summed E-state index contributed by atoms with van der Waals surface area (Å²) in [6.07, 6.45) is 0. The van der Waals surface area contributed by atoms with E-state index in [0.29, 0.717) is 11.3 Å². The molecule has 72 valence electrons. The molecule has 0 atom stereocenters. The number of hydrogen-bond donors (Lipinski definition) is 2. The molecule has 0 aliphatic heterocycles. The number of pyridine rings is 1. The van der Waals surface area contributed by atoms with Crippen LogP contribution in [0.4, 0.5) is 0 Å². The van der Waals surface area contributed by atoms with Crippen LogP contribution in [-0.4, -0.2) is 20.5 Å². The van der Waals surface area contributed by atoms with Crippen molar-refractivity contribution in [2.45, 2.75) is 6.92 Å². The maximum atomic E-state index is 11.4. The number of carboxylic acids is 1. The van der Waals surface area contributed by atoms with Gasteiger partial charge in [-0.3, -0.25) is 9.20 Å². The first kappa shape index (κ1) is 8.55. The Morgan fingerprint density at radius 3 is 2.86 bits per heavy atom. The van der Waals surface area contributed by atoms with E-state index >= 15 is 0 Å². The van der Waals surface area contributed by atoms with E-state index in [9.17, 15) is 9.59 Å². The Kier molecular flexibility index (Phi) is 1.67. The van der Waals surface area contributed by atoms with Gasteiger partial charge in [0, 0.05) is 11.8 Å². The number of carboxylic acid groups (broad SMARTS) is 1. The fourth-order valence-corrected chi connectivity index (χ4v) is 1.49. The van der Waals surface area contributed by atoms with E-state index in [0.717, 1.165) is 4.40 Å². The number of rotatable bonds is 1. The third kappa shape index (κ3) is 1.02. The third-order valence-electron chi connectivity index (χ3n) is 2.05. The van der Waals surface area contributed by atoms with Crippen LogP contribution in [0, 0.1) is 6.92 Å². The fourth-order valence-electron chi connectivity index (χ4n) is 1.49. The molecule has 2 heterocycles. The largest absolute Gasteiger partial charge is 0.477 e. The quantitative estimate of drug-likeness (QED) is 0.696. The number of nitrogens with zero attached hydrogens (tertiary/aromatic N) is 1. The number of aromatic nitrogens is 2. The van der Waals surface area contributed by atoms with Crippen LogP contribution in [0.5, 0.6) is 0 Å². The van der Waals surface area contributed by atoms with Crippen LogP contribution in [0.15, 0.2) is 23.0 Å². The lowest BCUT2D eigenvalue weighted by molar-refractivity contribution is 0.0688. The Bertz CT molecular complexity index is 565. The number of hydrogen-bond acceptors (Lipinski definition) is 2. The number of fused-ring (bicyclic) bond motifs is 1. The Labute approximate surface area is 78.6 Å². The summed E-state index contributed by atoms with van der Waals surface area (Å²) in [4.78, 5) is 25.1. The predicted octanol–water partition coefficient (Wildman–Crippen LogP) is 0.634. The van der Waals surface area contributed by atoms with Gasteiger partial charge in [0.1, 0.15) is 5.65 Å². The summed E-state index contributed by atoms with van der Waals surface area (Å²) in [5.41, 5.74) is 0.614. The van der Waals surface area contributed by atoms with Gasteiger partial charge in [0.15, 0.2) is 5.69 Å². The summed E-state index contributed by atoms with van der Waals surface area (Å²) in [5.74, 6) is -1.11. The molecule has 0 spiro atoms. The highest BCUT2D eigenvalue weighted by atomic mass is 16.4. The molecule has 2 aromatic rings. The van der Waals surface area contributed by atoms with Crippen LogP contribution in [0.25, 0.3) is 5.65 Å². The molecule has 0 aromatic carbocycles. The van der Waals surface area contributed by atoms with Crippen LogP contribution in [0.2, 0.25) is 0 Å². The van der Waals surface area contributed by atoms with Crippen molar-refractivity contribution in [2.75, 3.05) is 0 Å². The van der Waals surface area contributed by atoms with E-state index in [1.165, 1.54) is 6.07 Å². The Balaban J connectivity index is 3.01. The average molecular weight is 192 g/mol. The molecule has 0 saturated heterocycles. The van der Waals surface area contributed by atoms with Crippen molar-refractivity contribution in [3.05, 3.63) is 39.9 Å². The zero-order chi connectivity index (χ0) is 10.3. The van der Waals surface area contributed by atoms with Gasteiger partial charge in [0.25, 0.3) is 5.56 Å². The smallest absolute Gasteiger partial charge is 0.354 e. The van der Waals surface area contributed by atoms with Crippen molar-refractivity contribution in [3.8, 4) is 0 Å². The zero-order valence-electron chi connectivity index (χ0n) is 7.44. The predicted molar refractivity (Wildman–Crippen MR) is 49.7 cm³/mol. The summed E-state index contributed by atoms with van der Waals surface area (Å²) < 4.78 is 1.15. The standard InChI is InChI=1S/C9H8N2O3/c1-5-8(9(13)14)11-6(10-5)3-2-4-7(11)12/h2-4,10H,1H3,(H,13,14). The highest BCUT2D eigenvalue weighted by Crippen LogP contribution is 2.08. The van der Waals surface area contributed by atoms with Crippen molar-refractivity contribution >= 4 is 11.6 Å². The molecule has 2 N–H and O–H groups in total. The van der Waals surface area contributed by atoms with Crippen LogP contribution in [0.1, 0.15) is 16.2 Å². The summed E-state index contributed by atoms with van der Waals surface area (Å²) in [5, 5.41) is 8.90. The number of aryl methyl sites for hydroxylation is 1. The normalized spacial score (nSPS) is 10.6. The first-order chi connectivity index (χ1) is 6.61. The van der Waals surface area contributed by atoms with Crippen molar-refractivity contribution in [3.63, 3.8) is 0 Å². The average Bonchev–Trinajstić information content (AvgIpc) is 2.42. The monoisotopic (exact) mass is 192 g/mol. The minimum atomic E-state index is -1.11. The third-order valence-corrected chi connectivity index (χ3v) is 2.05. The molecule has 0 unspecified atom stereocenters. The molecular weight excluding hydrogens is 184 g/mol. The second kappa shape index (κ2) is 2.73. The zero-order valence-corrected chi connectivity index (χ0v) is 7.44. The van der Waals surface area contributed by atoms with Crippen LogP contribution >= 0.6 is 0 Å². The minimum Gasteiger partial charge on any atom is -0.477 e. The van der Waals surface area contributed by atoms with Gasteiger partial charge in [-0.25, -0.2) is 4.79 Å². The van der Waals surface area contributed by atoms with Crippen molar-refractivity contribution < 1.29 is 9.90 Å². The number of H-pyrrole nitrogens is 1. The number of nitrogens with one attached hydrogen (secondary N) is 1. The Morgan fingerprint density at radius 1 is 1.50 bits per heavy atom. The van der Waals surface area contributed by atoms with E-state index in [2.05, 4.69) is 4.98 Å². The first-order valence-corrected chi connectivity index (χ1v) is 4.05. The Morgan fingerprint density at radius 2 is 2.21 bits per heavy atom. The number of carbonyl (C=O) groups is 1. The second-order valence-electron chi connectivity index (χ2n) is 2.99. The van der Waals surface area contributed by atoms with Crippen molar-refractivity contribution in [2.24, 2.45) is 0 Å². The van der Waals surface area contributed by atoms with Gasteiger partial charge >= 0.3 is 5.97 Å². The van der Waals surface area contributed by atoms with Crippen molar-refractivity contribution in [1.82, 2.24) is 9.38 Å². The number of aromatic carboxylic acids is 1. The molecular formula is C9H8N2O3. The first-order valence-electron chi connectivity index (χ1n) is 4.05. The number of aromatic amines is 1. The van der Waals surface area contributed by atoms with Gasteiger partial charge < -0.3 is 10.1 Å². The van der Waals surface area contributed by atoms with Gasteiger partial charge in [-0.2, -0.15) is 0 Å². The Hall–Kier alpha value is -2.04. The van der Waals surface area contributed by atoms with Gasteiger partial charge in [0.2, 0.25) is 0 Å². The second-order valence-corrected chi connectivity index (χ2v) is 2.99. The molecule has 0 aliphatic carbocycles. The minimum absolute atomic E-state index is 0.00870. The van der Waals surface area contributed by atoms with Crippen LogP contribution in [-0.2, 0) is 0 Å². The molecule has 0 saturated carbocycles. The van der Waals surface area contributed by atoms with Crippen LogP contribution < -0.4 is 5.56 Å². The molecule has 0 fully saturated rings. The summed E-state index contributed by atoms with van der Waals surface area (Å²) in [6, 6.07) is 4.56. The number of imidazole rings is 1. The topological polar surface area (TPSA) is 74.6 Å².